The summed E-state index contributed by atoms with van der Waals surface area (Å²) in [5, 5.41) is 2.34. The topological polar surface area (TPSA) is 58.6 Å². The van der Waals surface area contributed by atoms with Gasteiger partial charge in [-0.25, -0.2) is 0 Å². The van der Waals surface area contributed by atoms with Crippen LogP contribution in [0, 0.1) is 13.8 Å². The summed E-state index contributed by atoms with van der Waals surface area (Å²) < 4.78 is 37.6. The molecule has 8 heteroatoms. The fraction of sp³-hybridized carbons (Fsp3) is 0.647. The quantitative estimate of drug-likeness (QED) is 0.115. The van der Waals surface area contributed by atoms with E-state index in [9.17, 15) is 0 Å². The van der Waals surface area contributed by atoms with Gasteiger partial charge in [-0.15, -0.1) is 0 Å². The number of benzene rings is 2. The molecule has 0 spiro atoms. The van der Waals surface area contributed by atoms with Crippen LogP contribution in [0.1, 0.15) is 77.6 Å². The summed E-state index contributed by atoms with van der Waals surface area (Å²) in [4.78, 5) is 0. The van der Waals surface area contributed by atoms with Crippen LogP contribution in [-0.2, 0) is 29.8 Å². The first kappa shape index (κ1) is 36.5. The molecule has 0 saturated heterocycles. The first-order valence-electron chi connectivity index (χ1n) is 15.0. The molecule has 0 amide bonds. The van der Waals surface area contributed by atoms with E-state index in [1.807, 2.05) is 0 Å². The van der Waals surface area contributed by atoms with Crippen LogP contribution < -0.4 is 20.1 Å². The van der Waals surface area contributed by atoms with E-state index < -0.39 is 8.07 Å². The number of hydrogen-bond donors (Lipinski definition) is 0. The van der Waals surface area contributed by atoms with Crippen molar-refractivity contribution < 1.29 is 28.4 Å². The molecule has 0 radical (unpaired) electrons. The van der Waals surface area contributed by atoms with E-state index in [4.69, 9.17) is 28.4 Å². The lowest BCUT2D eigenvalue weighted by molar-refractivity contribution is -0.00874. The fourth-order valence-electron chi connectivity index (χ4n) is 4.78. The number of rotatable bonds is 17. The third-order valence-electron chi connectivity index (χ3n) is 6.95. The van der Waals surface area contributed by atoms with E-state index in [0.717, 1.165) is 24.6 Å². The molecule has 0 aliphatic rings. The van der Waals surface area contributed by atoms with Crippen LogP contribution in [-0.4, -0.2) is 72.0 Å². The lowest BCUT2D eigenvalue weighted by atomic mass is 9.85. The second-order valence-corrected chi connectivity index (χ2v) is 14.8. The van der Waals surface area contributed by atoms with Crippen LogP contribution in [0.4, 0.5) is 0 Å². The Labute approximate surface area is 257 Å². The predicted octanol–water partition coefficient (Wildman–Crippen LogP) is 6.59. The highest BCUT2D eigenvalue weighted by Gasteiger charge is 2.33. The van der Waals surface area contributed by atoms with Gasteiger partial charge in [0.15, 0.2) is 13.6 Å². The Morgan fingerprint density at radius 3 is 1.31 bits per heavy atom. The molecule has 0 N–H and O–H groups in total. The number of hydrogen-bond acceptors (Lipinski definition) is 7. The highest BCUT2D eigenvalue weighted by molar-refractivity contribution is 7.71. The van der Waals surface area contributed by atoms with Gasteiger partial charge in [-0.3, -0.25) is 4.67 Å². The molecule has 2 rings (SSSR count). The van der Waals surface area contributed by atoms with Crippen LogP contribution in [0.5, 0.6) is 11.5 Å². The van der Waals surface area contributed by atoms with E-state index in [2.05, 4.69) is 98.2 Å². The van der Waals surface area contributed by atoms with Crippen LogP contribution in [0.2, 0.25) is 0 Å². The van der Waals surface area contributed by atoms with E-state index in [1.54, 1.807) is 14.2 Å². The summed E-state index contributed by atoms with van der Waals surface area (Å²) >= 11 is 0. The molecule has 0 bridgehead atoms. The SMILES string of the molecule is CCN(CC)P(c1cc(C)cc(C(C)(C)C)c1OCOCCOC)c1cc(C)cc(C(C)(C)C)c1OCOCCOC. The lowest BCUT2D eigenvalue weighted by Gasteiger charge is -2.36. The highest BCUT2D eigenvalue weighted by atomic mass is 31.1. The Balaban J connectivity index is 2.86. The fourth-order valence-corrected chi connectivity index (χ4v) is 7.63. The van der Waals surface area contributed by atoms with Crippen LogP contribution >= 0.6 is 8.07 Å². The molecule has 0 aliphatic heterocycles. The molecule has 0 atom stereocenters. The van der Waals surface area contributed by atoms with Gasteiger partial charge in [-0.05, 0) is 61.0 Å². The van der Waals surface area contributed by atoms with Gasteiger partial charge in [-0.1, -0.05) is 67.5 Å². The van der Waals surface area contributed by atoms with Gasteiger partial charge in [0.05, 0.1) is 26.4 Å². The number of nitrogens with zero attached hydrogens (tertiary/aromatic N) is 1. The van der Waals surface area contributed by atoms with Crippen molar-refractivity contribution in [3.63, 3.8) is 0 Å². The molecule has 2 aromatic rings. The zero-order valence-electron chi connectivity index (χ0n) is 28.3. The van der Waals surface area contributed by atoms with Gasteiger partial charge in [0.2, 0.25) is 0 Å². The molecule has 0 fully saturated rings. The first-order chi connectivity index (χ1) is 19.8. The maximum absolute atomic E-state index is 6.56. The normalized spacial score (nSPS) is 12.4. The molecule has 2 aromatic carbocycles. The lowest BCUT2D eigenvalue weighted by Crippen LogP contribution is -2.33. The minimum Gasteiger partial charge on any atom is -0.467 e. The van der Waals surface area contributed by atoms with Gasteiger partial charge in [0.1, 0.15) is 11.5 Å². The Morgan fingerprint density at radius 1 is 0.619 bits per heavy atom. The summed E-state index contributed by atoms with van der Waals surface area (Å²) in [7, 11) is 2.30. The van der Waals surface area contributed by atoms with Gasteiger partial charge in [0.25, 0.3) is 0 Å². The third-order valence-corrected chi connectivity index (χ3v) is 9.66. The molecule has 238 valence electrons. The van der Waals surface area contributed by atoms with E-state index in [1.165, 1.54) is 32.9 Å². The Morgan fingerprint density at radius 2 is 1.00 bits per heavy atom. The molecule has 0 heterocycles. The van der Waals surface area contributed by atoms with Gasteiger partial charge >= 0.3 is 0 Å². The van der Waals surface area contributed by atoms with E-state index in [0.29, 0.717) is 26.4 Å². The summed E-state index contributed by atoms with van der Waals surface area (Å²) in [6.07, 6.45) is 0. The number of ether oxygens (including phenoxy) is 6. The molecule has 0 aliphatic carbocycles. The zero-order chi connectivity index (χ0) is 31.5. The number of methoxy groups -OCH3 is 2. The summed E-state index contributed by atoms with van der Waals surface area (Å²) in [6.45, 7) is 26.3. The molecular formula is C34H56NO6P. The predicted molar refractivity (Wildman–Crippen MR) is 176 cm³/mol. The average Bonchev–Trinajstić information content (AvgIpc) is 2.91. The Hall–Kier alpha value is -1.73. The highest BCUT2D eigenvalue weighted by Crippen LogP contribution is 2.48. The summed E-state index contributed by atoms with van der Waals surface area (Å²) in [6, 6.07) is 9.09. The minimum absolute atomic E-state index is 0.134. The molecule has 7 nitrogen and oxygen atoms in total. The van der Waals surface area contributed by atoms with Gasteiger partial charge < -0.3 is 28.4 Å². The van der Waals surface area contributed by atoms with Crippen molar-refractivity contribution in [1.29, 1.82) is 0 Å². The molecule has 0 saturated carbocycles. The smallest absolute Gasteiger partial charge is 0.189 e. The molecule has 42 heavy (non-hydrogen) atoms. The summed E-state index contributed by atoms with van der Waals surface area (Å²) in [5.41, 5.74) is 4.48. The zero-order valence-corrected chi connectivity index (χ0v) is 29.2. The van der Waals surface area contributed by atoms with E-state index >= 15 is 0 Å². The molecular weight excluding hydrogens is 549 g/mol. The monoisotopic (exact) mass is 605 g/mol. The Kier molecular flexibility index (Phi) is 14.7. The third kappa shape index (κ3) is 10.2. The summed E-state index contributed by atoms with van der Waals surface area (Å²) in [5.74, 6) is 1.79. The maximum atomic E-state index is 6.56. The first-order valence-corrected chi connectivity index (χ1v) is 16.3. The van der Waals surface area contributed by atoms with Crippen molar-refractivity contribution >= 4 is 18.7 Å². The van der Waals surface area contributed by atoms with Gasteiger partial charge in [-0.2, -0.15) is 0 Å². The van der Waals surface area contributed by atoms with E-state index in [-0.39, 0.29) is 24.4 Å². The van der Waals surface area contributed by atoms with Crippen molar-refractivity contribution in [3.8, 4) is 11.5 Å². The molecule has 0 aromatic heterocycles. The van der Waals surface area contributed by atoms with Crippen LogP contribution in [0.25, 0.3) is 0 Å². The van der Waals surface area contributed by atoms with Crippen molar-refractivity contribution in [2.75, 3.05) is 67.3 Å². The van der Waals surface area contributed by atoms with Crippen molar-refractivity contribution in [1.82, 2.24) is 4.67 Å². The largest absolute Gasteiger partial charge is 0.467 e. The second-order valence-electron chi connectivity index (χ2n) is 12.6. The second kappa shape index (κ2) is 16.9. The van der Waals surface area contributed by atoms with Crippen LogP contribution in [0.3, 0.4) is 0 Å². The van der Waals surface area contributed by atoms with Crippen LogP contribution in [0.15, 0.2) is 24.3 Å². The van der Waals surface area contributed by atoms with Crippen molar-refractivity contribution in [2.24, 2.45) is 0 Å². The maximum Gasteiger partial charge on any atom is 0.189 e. The van der Waals surface area contributed by atoms with Crippen molar-refractivity contribution in [2.45, 2.75) is 80.1 Å². The van der Waals surface area contributed by atoms with Crippen molar-refractivity contribution in [3.05, 3.63) is 46.5 Å². The molecule has 0 unspecified atom stereocenters. The average molecular weight is 606 g/mol. The number of aryl methyl sites for hydroxylation is 2. The van der Waals surface area contributed by atoms with Gasteiger partial charge in [0, 0.05) is 44.0 Å². The minimum atomic E-state index is -1.05. The standard InChI is InChI=1S/C34H56NO6P/c1-13-35(14-2)42(29-21-25(3)19-27(33(5,6)7)31(29)40-23-38-17-15-36-11)30-22-26(4)20-28(34(8,9)10)32(30)41-24-39-18-16-37-12/h19-22H,13-18,23-24H2,1-12H3. The Bertz CT molecular complexity index is 1020.